The molecule has 0 aliphatic heterocycles. The Morgan fingerprint density at radius 3 is 2.00 bits per heavy atom. The maximum absolute atomic E-state index is 13.0. The number of hydrogen-bond acceptors (Lipinski definition) is 8. The minimum absolute atomic E-state index is 0.00991. The van der Waals surface area contributed by atoms with Crippen LogP contribution in [0, 0.1) is 5.82 Å². The van der Waals surface area contributed by atoms with Crippen molar-refractivity contribution in [3.8, 4) is 5.75 Å². The second-order valence-electron chi connectivity index (χ2n) is 7.32. The van der Waals surface area contributed by atoms with Gasteiger partial charge in [0.25, 0.3) is 15.9 Å². The molecule has 0 spiro atoms. The Hall–Kier alpha value is -4.16. The van der Waals surface area contributed by atoms with Crippen molar-refractivity contribution in [1.82, 2.24) is 0 Å². The standard InChI is InChI=1S/C24H20ClFN2O8S/c1-34-23(30)14-9-15(24(31)35-2)11-18(10-14)27-22(29)13-36-21-8-7-19(12-20(21)25)37(32,33)28-17-5-3-16(26)4-6-17/h3-12,28H,13H2,1-2H3,(H,27,29). The van der Waals surface area contributed by atoms with Crippen LogP contribution in [-0.4, -0.2) is 47.1 Å². The Balaban J connectivity index is 1.68. The average molecular weight is 551 g/mol. The summed E-state index contributed by atoms with van der Waals surface area (Å²) >= 11 is 6.14. The first-order valence-corrected chi connectivity index (χ1v) is 12.2. The van der Waals surface area contributed by atoms with Crippen molar-refractivity contribution in [2.24, 2.45) is 0 Å². The van der Waals surface area contributed by atoms with Crippen LogP contribution < -0.4 is 14.8 Å². The number of anilines is 2. The average Bonchev–Trinajstić information content (AvgIpc) is 2.87. The van der Waals surface area contributed by atoms with Crippen molar-refractivity contribution in [3.63, 3.8) is 0 Å². The molecule has 1 amide bonds. The van der Waals surface area contributed by atoms with Crippen molar-refractivity contribution < 1.29 is 41.4 Å². The number of ether oxygens (including phenoxy) is 3. The second-order valence-corrected chi connectivity index (χ2v) is 9.41. The van der Waals surface area contributed by atoms with Gasteiger partial charge in [-0.25, -0.2) is 22.4 Å². The Morgan fingerprint density at radius 2 is 1.46 bits per heavy atom. The first-order chi connectivity index (χ1) is 17.5. The summed E-state index contributed by atoms with van der Waals surface area (Å²) in [5, 5.41) is 2.39. The normalized spacial score (nSPS) is 10.8. The Bertz CT molecular complexity index is 1410. The van der Waals surface area contributed by atoms with E-state index < -0.39 is 40.3 Å². The maximum Gasteiger partial charge on any atom is 0.337 e. The molecule has 37 heavy (non-hydrogen) atoms. The van der Waals surface area contributed by atoms with Crippen LogP contribution >= 0.6 is 11.6 Å². The summed E-state index contributed by atoms with van der Waals surface area (Å²) in [5.41, 5.74) is 0.281. The van der Waals surface area contributed by atoms with Gasteiger partial charge in [0, 0.05) is 11.4 Å². The molecule has 194 valence electrons. The number of amides is 1. The van der Waals surface area contributed by atoms with Gasteiger partial charge in [0.1, 0.15) is 11.6 Å². The molecule has 3 rings (SSSR count). The number of nitrogens with one attached hydrogen (secondary N) is 2. The molecule has 3 aromatic carbocycles. The van der Waals surface area contributed by atoms with E-state index in [1.54, 1.807) is 0 Å². The van der Waals surface area contributed by atoms with Crippen LogP contribution in [-0.2, 0) is 24.3 Å². The lowest BCUT2D eigenvalue weighted by molar-refractivity contribution is -0.118. The third-order valence-electron chi connectivity index (χ3n) is 4.73. The lowest BCUT2D eigenvalue weighted by Gasteiger charge is -2.12. The smallest absolute Gasteiger partial charge is 0.337 e. The van der Waals surface area contributed by atoms with Crippen LogP contribution in [0.3, 0.4) is 0 Å². The van der Waals surface area contributed by atoms with E-state index in [1.165, 1.54) is 56.7 Å². The molecule has 13 heteroatoms. The minimum Gasteiger partial charge on any atom is -0.482 e. The van der Waals surface area contributed by atoms with E-state index in [-0.39, 0.29) is 38.2 Å². The summed E-state index contributed by atoms with van der Waals surface area (Å²) in [6, 6.07) is 12.2. The molecule has 2 N–H and O–H groups in total. The highest BCUT2D eigenvalue weighted by molar-refractivity contribution is 7.92. The van der Waals surface area contributed by atoms with Crippen molar-refractivity contribution >= 4 is 50.8 Å². The number of carbonyl (C=O) groups is 3. The van der Waals surface area contributed by atoms with Crippen LogP contribution in [0.25, 0.3) is 0 Å². The van der Waals surface area contributed by atoms with Gasteiger partial charge in [-0.1, -0.05) is 11.6 Å². The van der Waals surface area contributed by atoms with Crippen LogP contribution in [0.4, 0.5) is 15.8 Å². The summed E-state index contributed by atoms with van der Waals surface area (Å²) in [6.07, 6.45) is 0. The van der Waals surface area contributed by atoms with Gasteiger partial charge < -0.3 is 19.5 Å². The monoisotopic (exact) mass is 550 g/mol. The number of rotatable bonds is 9. The predicted molar refractivity (Wildman–Crippen MR) is 132 cm³/mol. The first kappa shape index (κ1) is 27.4. The second kappa shape index (κ2) is 11.7. The fourth-order valence-electron chi connectivity index (χ4n) is 3.01. The highest BCUT2D eigenvalue weighted by Crippen LogP contribution is 2.28. The number of halogens is 2. The number of hydrogen-bond donors (Lipinski definition) is 2. The van der Waals surface area contributed by atoms with Crippen molar-refractivity contribution in [1.29, 1.82) is 0 Å². The van der Waals surface area contributed by atoms with E-state index >= 15 is 0 Å². The van der Waals surface area contributed by atoms with E-state index in [9.17, 15) is 27.2 Å². The predicted octanol–water partition coefficient (Wildman–Crippen LogP) is 3.87. The third kappa shape index (κ3) is 7.18. The number of benzene rings is 3. The zero-order valence-electron chi connectivity index (χ0n) is 19.4. The van der Waals surface area contributed by atoms with Crippen LogP contribution in [0.1, 0.15) is 20.7 Å². The Labute approximate surface area is 216 Å². The lowest BCUT2D eigenvalue weighted by atomic mass is 10.1. The van der Waals surface area contributed by atoms with Crippen molar-refractivity contribution in [2.75, 3.05) is 30.9 Å². The van der Waals surface area contributed by atoms with Gasteiger partial charge in [0.2, 0.25) is 0 Å². The fourth-order valence-corrected chi connectivity index (χ4v) is 4.39. The third-order valence-corrected chi connectivity index (χ3v) is 6.40. The molecule has 10 nitrogen and oxygen atoms in total. The number of carbonyl (C=O) groups excluding carboxylic acids is 3. The van der Waals surface area contributed by atoms with Gasteiger partial charge in [0.05, 0.1) is 35.3 Å². The molecule has 0 heterocycles. The van der Waals surface area contributed by atoms with Crippen molar-refractivity contribution in [3.05, 3.63) is 82.6 Å². The summed E-state index contributed by atoms with van der Waals surface area (Å²) in [6.45, 7) is -0.532. The molecule has 0 bridgehead atoms. The quantitative estimate of drug-likeness (QED) is 0.383. The molecule has 0 saturated heterocycles. The summed E-state index contributed by atoms with van der Waals surface area (Å²) < 4.78 is 55.2. The number of sulfonamides is 1. The van der Waals surface area contributed by atoms with Gasteiger partial charge in [-0.2, -0.15) is 0 Å². The molecular weight excluding hydrogens is 531 g/mol. The van der Waals surface area contributed by atoms with Gasteiger partial charge in [-0.3, -0.25) is 9.52 Å². The number of methoxy groups -OCH3 is 2. The molecule has 0 fully saturated rings. The topological polar surface area (TPSA) is 137 Å². The van der Waals surface area contributed by atoms with E-state index in [0.717, 1.165) is 18.2 Å². The molecule has 0 radical (unpaired) electrons. The van der Waals surface area contributed by atoms with E-state index in [0.29, 0.717) is 0 Å². The Kier molecular flexibility index (Phi) is 8.69. The van der Waals surface area contributed by atoms with Crippen LogP contribution in [0.5, 0.6) is 5.75 Å². The SMILES string of the molecule is COC(=O)c1cc(NC(=O)COc2ccc(S(=O)(=O)Nc3ccc(F)cc3)cc2Cl)cc(C(=O)OC)c1. The zero-order valence-corrected chi connectivity index (χ0v) is 21.0. The van der Waals surface area contributed by atoms with E-state index in [2.05, 4.69) is 19.5 Å². The molecule has 0 aromatic heterocycles. The van der Waals surface area contributed by atoms with Gasteiger partial charge in [-0.15, -0.1) is 0 Å². The van der Waals surface area contributed by atoms with Crippen molar-refractivity contribution in [2.45, 2.75) is 4.90 Å². The molecule has 0 aliphatic rings. The molecule has 0 saturated carbocycles. The van der Waals surface area contributed by atoms with E-state index in [4.69, 9.17) is 16.3 Å². The van der Waals surface area contributed by atoms with E-state index in [1.807, 2.05) is 0 Å². The fraction of sp³-hybridized carbons (Fsp3) is 0.125. The highest BCUT2D eigenvalue weighted by Gasteiger charge is 2.18. The summed E-state index contributed by atoms with van der Waals surface area (Å²) in [7, 11) is -1.70. The summed E-state index contributed by atoms with van der Waals surface area (Å²) in [4.78, 5) is 36.0. The van der Waals surface area contributed by atoms with Gasteiger partial charge in [-0.05, 0) is 60.7 Å². The molecule has 3 aromatic rings. The zero-order chi connectivity index (χ0) is 27.2. The lowest BCUT2D eigenvalue weighted by Crippen LogP contribution is -2.21. The molecule has 0 atom stereocenters. The summed E-state index contributed by atoms with van der Waals surface area (Å²) in [5.74, 6) is -2.61. The Morgan fingerprint density at radius 1 is 0.865 bits per heavy atom. The van der Waals surface area contributed by atoms with Gasteiger partial charge >= 0.3 is 11.9 Å². The minimum atomic E-state index is -4.03. The molecular formula is C24H20ClFN2O8S. The largest absolute Gasteiger partial charge is 0.482 e. The number of esters is 2. The molecule has 0 unspecified atom stereocenters. The first-order valence-electron chi connectivity index (χ1n) is 10.3. The molecule has 0 aliphatic carbocycles. The van der Waals surface area contributed by atoms with Gasteiger partial charge in [0.15, 0.2) is 6.61 Å². The maximum atomic E-state index is 13.0. The van der Waals surface area contributed by atoms with Crippen LogP contribution in [0.15, 0.2) is 65.6 Å². The van der Waals surface area contributed by atoms with Crippen LogP contribution in [0.2, 0.25) is 5.02 Å². The highest BCUT2D eigenvalue weighted by atomic mass is 35.5.